The largest absolute Gasteiger partial charge is 0.465 e. The fraction of sp³-hybridized carbons (Fsp3) is 0.750. The van der Waals surface area contributed by atoms with Crippen molar-refractivity contribution in [3.8, 4) is 0 Å². The first kappa shape index (κ1) is 8.91. The third-order valence-corrected chi connectivity index (χ3v) is 1.33. The number of esters is 1. The second-order valence-electron chi connectivity index (χ2n) is 1.24. The van der Waals surface area contributed by atoms with Crippen LogP contribution in [0.2, 0.25) is 0 Å². The van der Waals surface area contributed by atoms with Crippen molar-refractivity contribution in [3.05, 3.63) is 0 Å². The highest BCUT2D eigenvalue weighted by Crippen LogP contribution is 1.89. The number of ether oxygens (including phenoxy) is 1. The summed E-state index contributed by atoms with van der Waals surface area (Å²) in [6, 6.07) is 0. The molecule has 0 aromatic rings. The lowest BCUT2D eigenvalue weighted by molar-refractivity contribution is -0.139. The van der Waals surface area contributed by atoms with Gasteiger partial charge in [-0.25, -0.2) is 4.21 Å². The van der Waals surface area contributed by atoms with Gasteiger partial charge in [-0.3, -0.25) is 4.79 Å². The number of halogens is 1. The predicted molar refractivity (Wildman–Crippen MR) is 35.5 cm³/mol. The maximum absolute atomic E-state index is 10.4. The molecule has 0 saturated carbocycles. The molecular weight excluding hydrogens is 164 g/mol. The summed E-state index contributed by atoms with van der Waals surface area (Å²) in [5, 5.41) is 0. The van der Waals surface area contributed by atoms with Crippen molar-refractivity contribution in [1.82, 2.24) is 0 Å². The first-order chi connectivity index (χ1) is 4.16. The van der Waals surface area contributed by atoms with E-state index in [-0.39, 0.29) is 5.75 Å². The normalized spacial score (nSPS) is 12.7. The van der Waals surface area contributed by atoms with E-state index in [1.165, 1.54) is 0 Å². The Labute approximate surface area is 60.3 Å². The molecule has 3 nitrogen and oxygen atoms in total. The van der Waals surface area contributed by atoms with Crippen molar-refractivity contribution >= 4 is 26.7 Å². The van der Waals surface area contributed by atoms with Crippen molar-refractivity contribution in [3.63, 3.8) is 0 Å². The molecule has 0 amide bonds. The average molecular weight is 171 g/mol. The van der Waals surface area contributed by atoms with E-state index < -0.39 is 16.0 Å². The van der Waals surface area contributed by atoms with Gasteiger partial charge in [0.05, 0.1) is 6.61 Å². The third-order valence-electron chi connectivity index (χ3n) is 0.537. The van der Waals surface area contributed by atoms with Crippen molar-refractivity contribution in [1.29, 1.82) is 0 Å². The van der Waals surface area contributed by atoms with Crippen LogP contribution >= 0.6 is 10.7 Å². The van der Waals surface area contributed by atoms with Gasteiger partial charge in [-0.1, -0.05) is 0 Å². The molecule has 0 aliphatic carbocycles. The maximum atomic E-state index is 10.4. The molecule has 0 radical (unpaired) electrons. The SMILES string of the molecule is CCOC(=O)CS(=O)Cl. The summed E-state index contributed by atoms with van der Waals surface area (Å²) in [6.07, 6.45) is 0. The fourth-order valence-electron chi connectivity index (χ4n) is 0.295. The summed E-state index contributed by atoms with van der Waals surface area (Å²) < 4.78 is 14.5. The molecule has 54 valence electrons. The summed E-state index contributed by atoms with van der Waals surface area (Å²) in [4.78, 5) is 10.4. The Morgan fingerprint density at radius 3 is 2.67 bits per heavy atom. The number of carbonyl (C=O) groups excluding carboxylic acids is 1. The van der Waals surface area contributed by atoms with Crippen LogP contribution in [-0.4, -0.2) is 22.5 Å². The van der Waals surface area contributed by atoms with E-state index in [2.05, 4.69) is 4.74 Å². The second kappa shape index (κ2) is 4.76. The molecule has 0 bridgehead atoms. The van der Waals surface area contributed by atoms with Gasteiger partial charge in [0.15, 0.2) is 0 Å². The van der Waals surface area contributed by atoms with Crippen LogP contribution < -0.4 is 0 Å². The van der Waals surface area contributed by atoms with Crippen molar-refractivity contribution in [2.75, 3.05) is 12.4 Å². The molecule has 0 N–H and O–H groups in total. The highest BCUT2D eigenvalue weighted by atomic mass is 35.7. The predicted octanol–water partition coefficient (Wildman–Crippen LogP) is 0.452. The summed E-state index contributed by atoms with van der Waals surface area (Å²) in [5.41, 5.74) is 0. The molecule has 0 aromatic heterocycles. The lowest BCUT2D eigenvalue weighted by Gasteiger charge is -1.95. The number of carbonyl (C=O) groups is 1. The van der Waals surface area contributed by atoms with E-state index in [0.717, 1.165) is 0 Å². The summed E-state index contributed by atoms with van der Waals surface area (Å²) in [6.45, 7) is 1.97. The Morgan fingerprint density at radius 2 is 2.33 bits per heavy atom. The van der Waals surface area contributed by atoms with Gasteiger partial charge < -0.3 is 4.74 Å². The maximum Gasteiger partial charge on any atom is 0.319 e. The summed E-state index contributed by atoms with van der Waals surface area (Å²) >= 11 is 0. The summed E-state index contributed by atoms with van der Waals surface area (Å²) in [5.74, 6) is -0.749. The zero-order valence-electron chi connectivity index (χ0n) is 4.93. The van der Waals surface area contributed by atoms with Gasteiger partial charge in [-0.15, -0.1) is 0 Å². The fourth-order valence-corrected chi connectivity index (χ4v) is 0.831. The van der Waals surface area contributed by atoms with Gasteiger partial charge in [0.25, 0.3) is 0 Å². The molecule has 9 heavy (non-hydrogen) atoms. The monoisotopic (exact) mass is 170 g/mol. The van der Waals surface area contributed by atoms with E-state index in [1.54, 1.807) is 6.92 Å². The molecule has 0 aliphatic heterocycles. The van der Waals surface area contributed by atoms with Crippen LogP contribution in [0.15, 0.2) is 0 Å². The molecule has 0 rings (SSSR count). The van der Waals surface area contributed by atoms with E-state index >= 15 is 0 Å². The van der Waals surface area contributed by atoms with Gasteiger partial charge in [0.1, 0.15) is 15.8 Å². The molecule has 0 heterocycles. The van der Waals surface area contributed by atoms with Gasteiger partial charge in [0.2, 0.25) is 0 Å². The van der Waals surface area contributed by atoms with Crippen LogP contribution in [0.3, 0.4) is 0 Å². The minimum absolute atomic E-state index is 0.227. The first-order valence-corrected chi connectivity index (χ1v) is 4.51. The van der Waals surface area contributed by atoms with E-state index in [9.17, 15) is 9.00 Å². The number of hydrogen-bond donors (Lipinski definition) is 0. The molecule has 1 atom stereocenters. The standard InChI is InChI=1S/C4H7ClO3S/c1-2-8-4(6)3-9(5)7/h2-3H2,1H3. The van der Waals surface area contributed by atoms with Crippen molar-refractivity contribution in [2.24, 2.45) is 0 Å². The Balaban J connectivity index is 3.39. The lowest BCUT2D eigenvalue weighted by Crippen LogP contribution is -2.10. The zero-order chi connectivity index (χ0) is 7.28. The van der Waals surface area contributed by atoms with E-state index in [1.807, 2.05) is 0 Å². The molecule has 1 unspecified atom stereocenters. The molecule has 0 saturated heterocycles. The first-order valence-electron chi connectivity index (χ1n) is 2.37. The van der Waals surface area contributed by atoms with Crippen molar-refractivity contribution in [2.45, 2.75) is 6.92 Å². The quantitative estimate of drug-likeness (QED) is 0.457. The zero-order valence-corrected chi connectivity index (χ0v) is 6.50. The highest BCUT2D eigenvalue weighted by Gasteiger charge is 2.04. The smallest absolute Gasteiger partial charge is 0.319 e. The molecule has 0 aliphatic rings. The van der Waals surface area contributed by atoms with E-state index in [4.69, 9.17) is 10.7 Å². The van der Waals surface area contributed by atoms with Crippen LogP contribution in [0.25, 0.3) is 0 Å². The Bertz CT molecular complexity index is 125. The van der Waals surface area contributed by atoms with Crippen LogP contribution in [0.4, 0.5) is 0 Å². The minimum atomic E-state index is -1.60. The molecule has 0 fully saturated rings. The highest BCUT2D eigenvalue weighted by molar-refractivity contribution is 8.08. The summed E-state index contributed by atoms with van der Waals surface area (Å²) in [7, 11) is 3.38. The van der Waals surface area contributed by atoms with Crippen LogP contribution in [0.1, 0.15) is 6.92 Å². The van der Waals surface area contributed by atoms with Gasteiger partial charge in [-0.2, -0.15) is 0 Å². The van der Waals surface area contributed by atoms with Crippen LogP contribution in [-0.2, 0) is 19.5 Å². The van der Waals surface area contributed by atoms with Crippen molar-refractivity contribution < 1.29 is 13.7 Å². The van der Waals surface area contributed by atoms with Crippen LogP contribution in [0.5, 0.6) is 0 Å². The molecule has 5 heteroatoms. The van der Waals surface area contributed by atoms with Gasteiger partial charge in [0, 0.05) is 0 Å². The van der Waals surface area contributed by atoms with E-state index in [0.29, 0.717) is 6.61 Å². The average Bonchev–Trinajstić information content (AvgIpc) is 1.63. The Kier molecular flexibility index (Phi) is 4.71. The third kappa shape index (κ3) is 5.79. The number of hydrogen-bond acceptors (Lipinski definition) is 3. The minimum Gasteiger partial charge on any atom is -0.465 e. The molecule has 0 aromatic carbocycles. The molecular formula is C4H7ClO3S. The Hall–Kier alpha value is -0.0900. The second-order valence-corrected chi connectivity index (χ2v) is 3.14. The Morgan fingerprint density at radius 1 is 1.78 bits per heavy atom. The van der Waals surface area contributed by atoms with Crippen LogP contribution in [0, 0.1) is 0 Å². The molecule has 0 spiro atoms. The number of rotatable bonds is 3. The topological polar surface area (TPSA) is 43.4 Å². The lowest BCUT2D eigenvalue weighted by atomic mass is 10.8. The van der Waals surface area contributed by atoms with Gasteiger partial charge in [-0.05, 0) is 17.6 Å². The van der Waals surface area contributed by atoms with Gasteiger partial charge >= 0.3 is 5.97 Å².